The van der Waals surface area contributed by atoms with Gasteiger partial charge in [-0.1, -0.05) is 35.3 Å². The van der Waals surface area contributed by atoms with Crippen LogP contribution in [0.4, 0.5) is 5.69 Å². The molecule has 2 aromatic carbocycles. The topological polar surface area (TPSA) is 59.1 Å². The Balaban J connectivity index is 2.11. The number of rotatable bonds is 9. The summed E-state index contributed by atoms with van der Waals surface area (Å²) in [5.41, 5.74) is 1.70. The standard InChI is InChI=1S/C22H22Cl2N2O4/c1-29-13-11-25(12-14-30-2)20-19(15-3-5-16(23)6-4-15)21(27)26(22(20)28)18-9-7-17(24)8-10-18/h3-10H,11-14H2,1-2H3. The highest BCUT2D eigenvalue weighted by Crippen LogP contribution is 2.35. The lowest BCUT2D eigenvalue weighted by atomic mass is 10.0. The Morgan fingerprint density at radius 1 is 0.800 bits per heavy atom. The molecule has 1 aliphatic rings. The monoisotopic (exact) mass is 448 g/mol. The molecule has 0 unspecified atom stereocenters. The molecule has 0 spiro atoms. The van der Waals surface area contributed by atoms with Crippen LogP contribution in [0.3, 0.4) is 0 Å². The Morgan fingerprint density at radius 2 is 1.30 bits per heavy atom. The molecule has 1 aliphatic heterocycles. The van der Waals surface area contributed by atoms with Gasteiger partial charge in [-0.3, -0.25) is 9.59 Å². The van der Waals surface area contributed by atoms with Crippen molar-refractivity contribution in [2.45, 2.75) is 0 Å². The Labute approximate surface area is 185 Å². The molecule has 158 valence electrons. The Morgan fingerprint density at radius 3 is 1.80 bits per heavy atom. The summed E-state index contributed by atoms with van der Waals surface area (Å²) in [5, 5.41) is 1.06. The van der Waals surface area contributed by atoms with Crippen molar-refractivity contribution < 1.29 is 19.1 Å². The van der Waals surface area contributed by atoms with Crippen molar-refractivity contribution >= 4 is 46.3 Å². The van der Waals surface area contributed by atoms with Crippen molar-refractivity contribution in [3.63, 3.8) is 0 Å². The molecule has 0 N–H and O–H groups in total. The van der Waals surface area contributed by atoms with Crippen LogP contribution in [-0.4, -0.2) is 57.2 Å². The zero-order valence-corrected chi connectivity index (χ0v) is 18.2. The van der Waals surface area contributed by atoms with Crippen LogP contribution in [0.1, 0.15) is 5.56 Å². The largest absolute Gasteiger partial charge is 0.383 e. The molecule has 0 atom stereocenters. The van der Waals surface area contributed by atoms with Gasteiger partial charge in [-0.2, -0.15) is 0 Å². The number of halogens is 2. The van der Waals surface area contributed by atoms with Crippen molar-refractivity contribution in [2.24, 2.45) is 0 Å². The van der Waals surface area contributed by atoms with Crippen LogP contribution < -0.4 is 4.90 Å². The number of carbonyl (C=O) groups excluding carboxylic acids is 2. The Kier molecular flexibility index (Phi) is 7.50. The fraction of sp³-hybridized carbons (Fsp3) is 0.273. The Hall–Kier alpha value is -2.38. The fourth-order valence-corrected chi connectivity index (χ4v) is 3.50. The summed E-state index contributed by atoms with van der Waals surface area (Å²) in [7, 11) is 3.18. The van der Waals surface area contributed by atoms with E-state index in [0.29, 0.717) is 58.9 Å². The number of carbonyl (C=O) groups is 2. The average Bonchev–Trinajstić information content (AvgIpc) is 3.00. The maximum atomic E-state index is 13.5. The molecule has 0 fully saturated rings. The third-order valence-electron chi connectivity index (χ3n) is 4.72. The van der Waals surface area contributed by atoms with Gasteiger partial charge in [-0.25, -0.2) is 4.90 Å². The highest BCUT2D eigenvalue weighted by Gasteiger charge is 2.42. The first-order chi connectivity index (χ1) is 14.5. The second kappa shape index (κ2) is 10.1. The molecule has 0 radical (unpaired) electrons. The molecule has 0 aliphatic carbocycles. The lowest BCUT2D eigenvalue weighted by Crippen LogP contribution is -2.37. The van der Waals surface area contributed by atoms with Crippen LogP contribution in [0, 0.1) is 0 Å². The van der Waals surface area contributed by atoms with Crippen molar-refractivity contribution in [3.8, 4) is 0 Å². The quantitative estimate of drug-likeness (QED) is 0.544. The van der Waals surface area contributed by atoms with E-state index in [-0.39, 0.29) is 0 Å². The fourth-order valence-electron chi connectivity index (χ4n) is 3.25. The summed E-state index contributed by atoms with van der Waals surface area (Å²) >= 11 is 12.0. The highest BCUT2D eigenvalue weighted by molar-refractivity contribution is 6.45. The molecule has 0 bridgehead atoms. The Bertz CT molecular complexity index is 935. The number of amides is 2. The van der Waals surface area contributed by atoms with Crippen LogP contribution >= 0.6 is 23.2 Å². The van der Waals surface area contributed by atoms with Crippen LogP contribution in [-0.2, 0) is 19.1 Å². The first kappa shape index (κ1) is 22.3. The summed E-state index contributed by atoms with van der Waals surface area (Å²) < 4.78 is 10.4. The van der Waals surface area contributed by atoms with E-state index in [1.54, 1.807) is 62.8 Å². The lowest BCUT2D eigenvalue weighted by molar-refractivity contribution is -0.120. The summed E-state index contributed by atoms with van der Waals surface area (Å²) in [4.78, 5) is 29.9. The zero-order valence-electron chi connectivity index (χ0n) is 16.7. The number of nitrogens with zero attached hydrogens (tertiary/aromatic N) is 2. The maximum Gasteiger partial charge on any atom is 0.282 e. The second-order valence-electron chi connectivity index (χ2n) is 6.63. The minimum absolute atomic E-state index is 0.311. The first-order valence-electron chi connectivity index (χ1n) is 9.35. The van der Waals surface area contributed by atoms with Crippen LogP contribution in [0.25, 0.3) is 5.57 Å². The molecular weight excluding hydrogens is 427 g/mol. The molecule has 0 saturated heterocycles. The van der Waals surface area contributed by atoms with Gasteiger partial charge < -0.3 is 14.4 Å². The van der Waals surface area contributed by atoms with Crippen LogP contribution in [0.2, 0.25) is 10.0 Å². The molecule has 2 amide bonds. The minimum atomic E-state index is -0.403. The van der Waals surface area contributed by atoms with E-state index in [2.05, 4.69) is 0 Å². The molecule has 1 heterocycles. The molecular formula is C22H22Cl2N2O4. The molecule has 6 nitrogen and oxygen atoms in total. The van der Waals surface area contributed by atoms with Crippen molar-refractivity contribution in [3.05, 3.63) is 69.8 Å². The van der Waals surface area contributed by atoms with E-state index < -0.39 is 11.8 Å². The van der Waals surface area contributed by atoms with Gasteiger partial charge >= 0.3 is 0 Å². The molecule has 30 heavy (non-hydrogen) atoms. The lowest BCUT2D eigenvalue weighted by Gasteiger charge is -2.25. The first-order valence-corrected chi connectivity index (χ1v) is 10.1. The molecule has 8 heteroatoms. The van der Waals surface area contributed by atoms with Crippen LogP contribution in [0.5, 0.6) is 0 Å². The van der Waals surface area contributed by atoms with Crippen molar-refractivity contribution in [1.82, 2.24) is 4.90 Å². The van der Waals surface area contributed by atoms with Crippen molar-refractivity contribution in [2.75, 3.05) is 45.4 Å². The maximum absolute atomic E-state index is 13.5. The highest BCUT2D eigenvalue weighted by atomic mass is 35.5. The number of anilines is 1. The summed E-state index contributed by atoms with van der Waals surface area (Å²) in [6.45, 7) is 1.65. The third-order valence-corrected chi connectivity index (χ3v) is 5.23. The number of hydrogen-bond acceptors (Lipinski definition) is 5. The second-order valence-corrected chi connectivity index (χ2v) is 7.50. The number of imide groups is 1. The zero-order chi connectivity index (χ0) is 21.7. The van der Waals surface area contributed by atoms with Gasteiger partial charge in [0.2, 0.25) is 0 Å². The van der Waals surface area contributed by atoms with Gasteiger partial charge in [-0.05, 0) is 42.0 Å². The summed E-state index contributed by atoms with van der Waals surface area (Å²) in [6, 6.07) is 13.4. The van der Waals surface area contributed by atoms with Gasteiger partial charge in [0.15, 0.2) is 0 Å². The predicted molar refractivity (Wildman–Crippen MR) is 118 cm³/mol. The average molecular weight is 449 g/mol. The molecule has 0 aromatic heterocycles. The van der Waals surface area contributed by atoms with E-state index >= 15 is 0 Å². The summed E-state index contributed by atoms with van der Waals surface area (Å²) in [6.07, 6.45) is 0. The molecule has 2 aromatic rings. The summed E-state index contributed by atoms with van der Waals surface area (Å²) in [5.74, 6) is -0.807. The van der Waals surface area contributed by atoms with Crippen LogP contribution in [0.15, 0.2) is 54.2 Å². The molecule has 3 rings (SSSR count). The third kappa shape index (κ3) is 4.68. The van der Waals surface area contributed by atoms with E-state index in [1.165, 1.54) is 4.90 Å². The molecule has 0 saturated carbocycles. The van der Waals surface area contributed by atoms with Crippen molar-refractivity contribution in [1.29, 1.82) is 0 Å². The van der Waals surface area contributed by atoms with Gasteiger partial charge in [-0.15, -0.1) is 0 Å². The van der Waals surface area contributed by atoms with Gasteiger partial charge in [0.05, 0.1) is 24.5 Å². The van der Waals surface area contributed by atoms with Gasteiger partial charge in [0, 0.05) is 37.4 Å². The smallest absolute Gasteiger partial charge is 0.282 e. The van der Waals surface area contributed by atoms with E-state index in [4.69, 9.17) is 32.7 Å². The number of methoxy groups -OCH3 is 2. The SMILES string of the molecule is COCCN(CCOC)C1=C(c2ccc(Cl)cc2)C(=O)N(c2ccc(Cl)cc2)C1=O. The van der Waals surface area contributed by atoms with Gasteiger partial charge in [0.25, 0.3) is 11.8 Å². The number of benzene rings is 2. The normalized spacial score (nSPS) is 14.1. The minimum Gasteiger partial charge on any atom is -0.383 e. The number of ether oxygens (including phenoxy) is 2. The van der Waals surface area contributed by atoms with E-state index in [9.17, 15) is 9.59 Å². The van der Waals surface area contributed by atoms with E-state index in [0.717, 1.165) is 0 Å². The van der Waals surface area contributed by atoms with E-state index in [1.807, 2.05) is 4.90 Å². The van der Waals surface area contributed by atoms with Gasteiger partial charge in [0.1, 0.15) is 5.70 Å². The predicted octanol–water partition coefficient (Wildman–Crippen LogP) is 3.87. The number of hydrogen-bond donors (Lipinski definition) is 0.